The van der Waals surface area contributed by atoms with E-state index in [4.69, 9.17) is 4.74 Å². The van der Waals surface area contributed by atoms with Crippen LogP contribution in [0.3, 0.4) is 0 Å². The second-order valence-electron chi connectivity index (χ2n) is 4.52. The van der Waals surface area contributed by atoms with Crippen LogP contribution in [0.1, 0.15) is 17.4 Å². The SMILES string of the molecule is CCc1ccc(NC(=O)COC(=O)Cc2cccs2)cc1. The molecule has 1 N–H and O–H groups in total. The molecule has 1 heterocycles. The number of anilines is 1. The summed E-state index contributed by atoms with van der Waals surface area (Å²) < 4.78 is 4.95. The molecule has 0 saturated heterocycles. The molecule has 0 bridgehead atoms. The van der Waals surface area contributed by atoms with E-state index in [-0.39, 0.29) is 18.9 Å². The highest BCUT2D eigenvalue weighted by atomic mass is 32.1. The van der Waals surface area contributed by atoms with Gasteiger partial charge in [0.2, 0.25) is 0 Å². The third-order valence-electron chi connectivity index (χ3n) is 2.91. The van der Waals surface area contributed by atoms with E-state index < -0.39 is 5.97 Å². The fraction of sp³-hybridized carbons (Fsp3) is 0.250. The Kier molecular flexibility index (Phi) is 5.51. The molecule has 0 fully saturated rings. The summed E-state index contributed by atoms with van der Waals surface area (Å²) in [5.41, 5.74) is 1.90. The number of hydrogen-bond donors (Lipinski definition) is 1. The lowest BCUT2D eigenvalue weighted by atomic mass is 10.1. The van der Waals surface area contributed by atoms with Crippen molar-refractivity contribution in [2.24, 2.45) is 0 Å². The Labute approximate surface area is 127 Å². The van der Waals surface area contributed by atoms with Crippen LogP contribution in [0.4, 0.5) is 5.69 Å². The van der Waals surface area contributed by atoms with Crippen molar-refractivity contribution in [3.63, 3.8) is 0 Å². The standard InChI is InChI=1S/C16H17NO3S/c1-2-12-5-7-13(8-6-12)17-15(18)11-20-16(19)10-14-4-3-9-21-14/h3-9H,2,10-11H2,1H3,(H,17,18). The minimum atomic E-state index is -0.395. The first-order valence-electron chi connectivity index (χ1n) is 6.74. The number of thiophene rings is 1. The predicted octanol–water partition coefficient (Wildman–Crippen LogP) is 3.03. The van der Waals surface area contributed by atoms with Crippen molar-refractivity contribution in [1.29, 1.82) is 0 Å². The molecule has 21 heavy (non-hydrogen) atoms. The van der Waals surface area contributed by atoms with Crippen molar-refractivity contribution in [2.45, 2.75) is 19.8 Å². The molecule has 0 aliphatic carbocycles. The van der Waals surface area contributed by atoms with Crippen molar-refractivity contribution in [1.82, 2.24) is 0 Å². The average molecular weight is 303 g/mol. The largest absolute Gasteiger partial charge is 0.455 e. The van der Waals surface area contributed by atoms with Crippen molar-refractivity contribution in [2.75, 3.05) is 11.9 Å². The normalized spacial score (nSPS) is 10.1. The van der Waals surface area contributed by atoms with E-state index in [1.807, 2.05) is 41.8 Å². The number of benzene rings is 1. The second-order valence-corrected chi connectivity index (χ2v) is 5.55. The molecule has 110 valence electrons. The molecule has 0 atom stereocenters. The predicted molar refractivity (Wildman–Crippen MR) is 83.4 cm³/mol. The van der Waals surface area contributed by atoms with Crippen LogP contribution in [0.15, 0.2) is 41.8 Å². The number of esters is 1. The summed E-state index contributed by atoms with van der Waals surface area (Å²) in [5, 5.41) is 4.59. The zero-order chi connectivity index (χ0) is 15.1. The van der Waals surface area contributed by atoms with Crippen molar-refractivity contribution in [3.05, 3.63) is 52.2 Å². The maximum Gasteiger partial charge on any atom is 0.311 e. The Morgan fingerprint density at radius 1 is 1.19 bits per heavy atom. The van der Waals surface area contributed by atoms with E-state index in [0.29, 0.717) is 5.69 Å². The molecule has 0 aliphatic heterocycles. The maximum absolute atomic E-state index is 11.7. The fourth-order valence-corrected chi connectivity index (χ4v) is 2.46. The molecule has 2 rings (SSSR count). The van der Waals surface area contributed by atoms with Gasteiger partial charge in [0.25, 0.3) is 5.91 Å². The Morgan fingerprint density at radius 3 is 2.57 bits per heavy atom. The third kappa shape index (κ3) is 5.04. The Balaban J connectivity index is 1.75. The molecule has 5 heteroatoms. The van der Waals surface area contributed by atoms with E-state index in [9.17, 15) is 9.59 Å². The van der Waals surface area contributed by atoms with E-state index in [1.165, 1.54) is 16.9 Å². The number of carbonyl (C=O) groups is 2. The lowest BCUT2D eigenvalue weighted by molar-refractivity contribution is -0.146. The van der Waals surface area contributed by atoms with Gasteiger partial charge in [-0.3, -0.25) is 9.59 Å². The smallest absolute Gasteiger partial charge is 0.311 e. The molecule has 1 aromatic heterocycles. The summed E-state index contributed by atoms with van der Waals surface area (Å²) in [6, 6.07) is 11.3. The summed E-state index contributed by atoms with van der Waals surface area (Å²) >= 11 is 1.49. The molecule has 0 unspecified atom stereocenters. The van der Waals surface area contributed by atoms with Crippen LogP contribution < -0.4 is 5.32 Å². The van der Waals surface area contributed by atoms with Crippen LogP contribution >= 0.6 is 11.3 Å². The van der Waals surface area contributed by atoms with E-state index in [2.05, 4.69) is 12.2 Å². The second kappa shape index (κ2) is 7.59. The minimum Gasteiger partial charge on any atom is -0.455 e. The number of carbonyl (C=O) groups excluding carboxylic acids is 2. The van der Waals surface area contributed by atoms with Gasteiger partial charge in [-0.2, -0.15) is 0 Å². The van der Waals surface area contributed by atoms with Gasteiger partial charge < -0.3 is 10.1 Å². The molecular formula is C16H17NO3S. The molecule has 1 aromatic carbocycles. The van der Waals surface area contributed by atoms with Crippen molar-refractivity contribution in [3.8, 4) is 0 Å². The Bertz CT molecular complexity index is 590. The van der Waals surface area contributed by atoms with E-state index in [0.717, 1.165) is 11.3 Å². The first kappa shape index (κ1) is 15.3. The number of rotatable bonds is 6. The highest BCUT2D eigenvalue weighted by molar-refractivity contribution is 7.10. The molecule has 0 spiro atoms. The van der Waals surface area contributed by atoms with Crippen LogP contribution in [0.2, 0.25) is 0 Å². The summed E-state index contributed by atoms with van der Waals surface area (Å²) in [5.74, 6) is -0.729. The fourth-order valence-electron chi connectivity index (χ4n) is 1.77. The van der Waals surface area contributed by atoms with Crippen LogP contribution in [0.25, 0.3) is 0 Å². The van der Waals surface area contributed by atoms with Crippen molar-refractivity contribution >= 4 is 28.9 Å². The summed E-state index contributed by atoms with van der Waals surface area (Å²) in [6.45, 7) is 1.81. The number of amides is 1. The lowest BCUT2D eigenvalue weighted by Crippen LogP contribution is -2.21. The number of aryl methyl sites for hydroxylation is 1. The maximum atomic E-state index is 11.7. The van der Waals surface area contributed by atoms with Crippen LogP contribution in [-0.4, -0.2) is 18.5 Å². The molecule has 1 amide bonds. The van der Waals surface area contributed by atoms with Gasteiger partial charge in [0.15, 0.2) is 6.61 Å². The van der Waals surface area contributed by atoms with Gasteiger partial charge in [-0.1, -0.05) is 25.1 Å². The molecule has 4 nitrogen and oxygen atoms in total. The molecular weight excluding hydrogens is 286 g/mol. The minimum absolute atomic E-state index is 0.205. The highest BCUT2D eigenvalue weighted by Gasteiger charge is 2.09. The van der Waals surface area contributed by atoms with Crippen LogP contribution in [0, 0.1) is 0 Å². The Morgan fingerprint density at radius 2 is 1.95 bits per heavy atom. The monoisotopic (exact) mass is 303 g/mol. The van der Waals surface area contributed by atoms with Gasteiger partial charge in [-0.05, 0) is 35.6 Å². The van der Waals surface area contributed by atoms with Crippen molar-refractivity contribution < 1.29 is 14.3 Å². The third-order valence-corrected chi connectivity index (χ3v) is 3.79. The van der Waals surface area contributed by atoms with Gasteiger partial charge in [-0.15, -0.1) is 11.3 Å². The molecule has 2 aromatic rings. The highest BCUT2D eigenvalue weighted by Crippen LogP contribution is 2.11. The van der Waals surface area contributed by atoms with Gasteiger partial charge in [-0.25, -0.2) is 0 Å². The first-order chi connectivity index (χ1) is 10.2. The lowest BCUT2D eigenvalue weighted by Gasteiger charge is -2.07. The molecule has 0 aliphatic rings. The number of hydrogen-bond acceptors (Lipinski definition) is 4. The van der Waals surface area contributed by atoms with Gasteiger partial charge >= 0.3 is 5.97 Å². The zero-order valence-corrected chi connectivity index (χ0v) is 12.6. The topological polar surface area (TPSA) is 55.4 Å². The summed E-state index contributed by atoms with van der Waals surface area (Å²) in [7, 11) is 0. The van der Waals surface area contributed by atoms with Crippen LogP contribution in [0.5, 0.6) is 0 Å². The van der Waals surface area contributed by atoms with Gasteiger partial charge in [0.05, 0.1) is 6.42 Å². The van der Waals surface area contributed by atoms with Gasteiger partial charge in [0.1, 0.15) is 0 Å². The van der Waals surface area contributed by atoms with Gasteiger partial charge in [0, 0.05) is 10.6 Å². The number of nitrogens with one attached hydrogen (secondary N) is 1. The van der Waals surface area contributed by atoms with E-state index in [1.54, 1.807) is 0 Å². The van der Waals surface area contributed by atoms with Crippen LogP contribution in [-0.2, 0) is 27.2 Å². The molecule has 0 radical (unpaired) electrons. The average Bonchev–Trinajstić information content (AvgIpc) is 2.99. The van der Waals surface area contributed by atoms with E-state index >= 15 is 0 Å². The number of ether oxygens (including phenoxy) is 1. The summed E-state index contributed by atoms with van der Waals surface area (Å²) in [6.07, 6.45) is 1.16. The Hall–Kier alpha value is -2.14. The first-order valence-corrected chi connectivity index (χ1v) is 7.62. The zero-order valence-electron chi connectivity index (χ0n) is 11.8. The molecule has 0 saturated carbocycles. The quantitative estimate of drug-likeness (QED) is 0.835. The summed E-state index contributed by atoms with van der Waals surface area (Å²) in [4.78, 5) is 24.2.